The van der Waals surface area contributed by atoms with Crippen LogP contribution < -0.4 is 10.2 Å². The maximum atomic E-state index is 12.6. The summed E-state index contributed by atoms with van der Waals surface area (Å²) < 4.78 is 137. The first-order valence-electron chi connectivity index (χ1n) is 11.7. The van der Waals surface area contributed by atoms with E-state index in [0.29, 0.717) is 0 Å². The van der Waals surface area contributed by atoms with Crippen molar-refractivity contribution in [1.29, 1.82) is 0 Å². The molecule has 0 aliphatic carbocycles. The van der Waals surface area contributed by atoms with Crippen LogP contribution in [0.1, 0.15) is 38.1 Å². The van der Waals surface area contributed by atoms with Crippen molar-refractivity contribution in [3.8, 4) is 0 Å². The molecule has 1 aromatic heterocycles. The zero-order valence-electron chi connectivity index (χ0n) is 23.2. The second kappa shape index (κ2) is 17.1. The number of rotatable bonds is 5. The number of benzene rings is 1. The monoisotopic (exact) mass is 728 g/mol. The Bertz CT molecular complexity index is 1260. The Morgan fingerprint density at radius 3 is 1.33 bits per heavy atom. The zero-order valence-corrected chi connectivity index (χ0v) is 24.3. The van der Waals surface area contributed by atoms with E-state index < -0.39 is 65.5 Å². The van der Waals surface area contributed by atoms with Gasteiger partial charge in [-0.1, -0.05) is 36.4 Å². The predicted molar refractivity (Wildman–Crippen MR) is 126 cm³/mol. The summed E-state index contributed by atoms with van der Waals surface area (Å²) in [5.41, 5.74) is 1.27. The molecule has 0 amide bonds. The van der Waals surface area contributed by atoms with Crippen LogP contribution in [-0.4, -0.2) is 51.6 Å². The molecule has 0 aliphatic rings. The largest absolute Gasteiger partial charge is 0.869 e. The van der Waals surface area contributed by atoms with Gasteiger partial charge in [0, 0.05) is 59.0 Å². The fourth-order valence-corrected chi connectivity index (χ4v) is 2.55. The fraction of sp³-hybridized carbons (Fsp3) is 0.346. The normalized spacial score (nSPS) is 13.5. The van der Waals surface area contributed by atoms with Crippen molar-refractivity contribution in [2.75, 3.05) is 0 Å². The summed E-state index contributed by atoms with van der Waals surface area (Å²) in [6.45, 7) is 5.75. The van der Waals surface area contributed by atoms with Crippen molar-refractivity contribution in [2.24, 2.45) is 0 Å². The number of allylic oxidation sites excluding steroid dienone is 4. The van der Waals surface area contributed by atoms with Gasteiger partial charge in [0.05, 0.1) is 0 Å². The van der Waals surface area contributed by atoms with Crippen LogP contribution in [0.25, 0.3) is 0 Å². The number of carbonyl (C=O) groups is 2. The van der Waals surface area contributed by atoms with Gasteiger partial charge in [-0.15, -0.1) is 0 Å². The van der Waals surface area contributed by atoms with Crippen molar-refractivity contribution in [3.63, 3.8) is 0 Å². The topological polar surface area (TPSA) is 113 Å². The summed E-state index contributed by atoms with van der Waals surface area (Å²) in [7, 11) is 0. The second-order valence-electron chi connectivity index (χ2n) is 9.30. The number of nitroso groups, excluding NO2 is 1. The van der Waals surface area contributed by atoms with Crippen molar-refractivity contribution in [3.05, 3.63) is 94.6 Å². The van der Waals surface area contributed by atoms with Gasteiger partial charge in [0.1, 0.15) is 5.69 Å². The molecule has 46 heavy (non-hydrogen) atoms. The minimum absolute atomic E-state index is 0. The Kier molecular flexibility index (Phi) is 16.4. The second-order valence-corrected chi connectivity index (χ2v) is 9.30. The first-order valence-corrected chi connectivity index (χ1v) is 11.7. The van der Waals surface area contributed by atoms with Gasteiger partial charge in [0.2, 0.25) is 5.54 Å². The van der Waals surface area contributed by atoms with Crippen LogP contribution in [0.5, 0.6) is 0 Å². The van der Waals surface area contributed by atoms with Crippen LogP contribution in [0.15, 0.2) is 78.4 Å². The molecule has 2 rings (SSSR count). The molecule has 0 spiro atoms. The number of hydrogen-bond donors (Lipinski definition) is 0. The molecule has 1 aromatic carbocycles. The third-order valence-corrected chi connectivity index (χ3v) is 4.62. The molecule has 0 aliphatic heterocycles. The predicted octanol–water partition coefficient (Wildman–Crippen LogP) is 5.59. The number of aromatic nitrogens is 1. The van der Waals surface area contributed by atoms with Crippen molar-refractivity contribution in [2.45, 2.75) is 57.1 Å². The van der Waals surface area contributed by atoms with Gasteiger partial charge >= 0.3 is 24.7 Å². The molecule has 0 bridgehead atoms. The van der Waals surface area contributed by atoms with Gasteiger partial charge in [0.25, 0.3) is 17.6 Å². The summed E-state index contributed by atoms with van der Waals surface area (Å²) >= 11 is 0. The van der Waals surface area contributed by atoms with Crippen molar-refractivity contribution in [1.82, 2.24) is 4.98 Å². The van der Waals surface area contributed by atoms with Gasteiger partial charge in [0.15, 0.2) is 0 Å². The van der Waals surface area contributed by atoms with E-state index in [-0.39, 0.29) is 22.8 Å². The molecular formula is C26H21CoF12N2O5-. The Morgan fingerprint density at radius 1 is 0.674 bits per heavy atom. The van der Waals surface area contributed by atoms with E-state index in [9.17, 15) is 77.4 Å². The molecule has 0 N–H and O–H groups in total. The van der Waals surface area contributed by atoms with E-state index in [1.54, 1.807) is 6.20 Å². The van der Waals surface area contributed by atoms with Gasteiger partial charge in [-0.3, -0.25) is 14.6 Å². The Balaban J connectivity index is 0. The standard InChI is InChI=1S/C16H19N2O.2C5H2F6O2.Co/c1-16(2,3)18(19)15(13-9-5-4-6-10-13)14-11-7-8-12-17-14;2*6-4(7,8)2(12)1-3(13)5(9,10)11;/h4-12,15H,1-3H3;2*1,12H;/q+1;;;/p-2/b;2*2-1-;/t15-;;;/m1.../s1. The number of nitrogens with zero attached hydrogens (tertiary/aromatic N) is 2. The number of carbonyl (C=O) groups excluding carboxylic acids is 2. The van der Waals surface area contributed by atoms with E-state index in [2.05, 4.69) is 4.98 Å². The van der Waals surface area contributed by atoms with Gasteiger partial charge in [-0.25, -0.2) is 0 Å². The fourth-order valence-electron chi connectivity index (χ4n) is 2.55. The van der Waals surface area contributed by atoms with Gasteiger partial charge < -0.3 is 10.2 Å². The van der Waals surface area contributed by atoms with Gasteiger partial charge in [-0.2, -0.15) is 52.7 Å². The third-order valence-electron chi connectivity index (χ3n) is 4.62. The molecule has 259 valence electrons. The average Bonchev–Trinajstić information content (AvgIpc) is 2.88. The summed E-state index contributed by atoms with van der Waals surface area (Å²) in [5, 5.41) is 19.6. The average molecular weight is 728 g/mol. The van der Waals surface area contributed by atoms with E-state index >= 15 is 0 Å². The number of hydrogen-bond acceptors (Lipinski definition) is 6. The molecule has 7 nitrogen and oxygen atoms in total. The minimum Gasteiger partial charge on any atom is -0.869 e. The van der Waals surface area contributed by atoms with Crippen LogP contribution in [-0.2, 0) is 26.4 Å². The van der Waals surface area contributed by atoms with E-state index in [4.69, 9.17) is 0 Å². The summed E-state index contributed by atoms with van der Waals surface area (Å²) in [6.07, 6.45) is -22.2. The molecule has 0 unspecified atom stereocenters. The smallest absolute Gasteiger partial charge is 0.454 e. The third kappa shape index (κ3) is 15.9. The summed E-state index contributed by atoms with van der Waals surface area (Å²) in [6, 6.07) is 15.1. The number of halogens is 12. The molecule has 0 saturated heterocycles. The maximum Gasteiger partial charge on any atom is 0.454 e. The van der Waals surface area contributed by atoms with E-state index in [0.717, 1.165) is 16.0 Å². The zero-order chi connectivity index (χ0) is 35.6. The first kappa shape index (κ1) is 44.2. The van der Waals surface area contributed by atoms with Crippen LogP contribution in [0.4, 0.5) is 52.7 Å². The van der Waals surface area contributed by atoms with Gasteiger partial charge in [-0.05, 0) is 35.8 Å². The number of alkyl halides is 12. The molecule has 1 atom stereocenters. The van der Waals surface area contributed by atoms with E-state index in [1.165, 1.54) is 0 Å². The maximum absolute atomic E-state index is 12.6. The molecule has 20 heteroatoms. The molecule has 0 fully saturated rings. The van der Waals surface area contributed by atoms with E-state index in [1.807, 2.05) is 69.3 Å². The quantitative estimate of drug-likeness (QED) is 0.172. The Morgan fingerprint density at radius 2 is 1.04 bits per heavy atom. The Hall–Kier alpha value is -3.94. The van der Waals surface area contributed by atoms with Crippen LogP contribution >= 0.6 is 0 Å². The Labute approximate surface area is 262 Å². The first-order chi connectivity index (χ1) is 20.1. The molecule has 1 radical (unpaired) electrons. The number of pyridine rings is 1. The molecule has 1 heterocycles. The summed E-state index contributed by atoms with van der Waals surface area (Å²) in [4.78, 5) is 36.6. The molecule has 2 aromatic rings. The number of ketones is 2. The summed E-state index contributed by atoms with van der Waals surface area (Å²) in [5.74, 6) is -11.3. The van der Waals surface area contributed by atoms with Crippen molar-refractivity contribution >= 4 is 11.6 Å². The molecule has 0 saturated carbocycles. The SMILES string of the molecule is CC(C)(C)[N+](=O)[C@H](c1ccccc1)c1ccccn1.O=C(/C=C(\[O-])C(F)(F)F)C(F)(F)F.O=C(/C=C(\[O-])C(F)(F)F)C(F)(F)F.[Co]. The van der Waals surface area contributed by atoms with Crippen LogP contribution in [0.3, 0.4) is 0 Å². The van der Waals surface area contributed by atoms with Crippen LogP contribution in [0.2, 0.25) is 0 Å². The molecular weight excluding hydrogens is 707 g/mol. The van der Waals surface area contributed by atoms with Crippen LogP contribution in [0, 0.1) is 4.91 Å². The van der Waals surface area contributed by atoms with Crippen molar-refractivity contribution < 1.29 is 94.0 Å². The minimum atomic E-state index is -5.46.